The first-order valence-corrected chi connectivity index (χ1v) is 7.76. The number of thiazole rings is 1. The van der Waals surface area contributed by atoms with Gasteiger partial charge in [0.15, 0.2) is 0 Å². The molecule has 3 heteroatoms. The van der Waals surface area contributed by atoms with E-state index in [0.717, 1.165) is 23.8 Å². The van der Waals surface area contributed by atoms with Crippen LogP contribution < -0.4 is 5.32 Å². The van der Waals surface area contributed by atoms with Gasteiger partial charge < -0.3 is 5.32 Å². The van der Waals surface area contributed by atoms with Crippen LogP contribution in [0.25, 0.3) is 21.3 Å². The fourth-order valence-corrected chi connectivity index (χ4v) is 3.30. The summed E-state index contributed by atoms with van der Waals surface area (Å²) in [6.07, 6.45) is 0. The molecular formula is C17H18N2S. The fourth-order valence-electron chi connectivity index (χ4n) is 2.28. The van der Waals surface area contributed by atoms with Gasteiger partial charge in [-0.15, -0.1) is 11.3 Å². The van der Waals surface area contributed by atoms with Crippen LogP contribution >= 0.6 is 11.3 Å². The maximum absolute atomic E-state index is 4.72. The van der Waals surface area contributed by atoms with Gasteiger partial charge in [-0.3, -0.25) is 0 Å². The standard InChI is InChI=1S/C17H18N2S/c1-3-18-11-16-12(2)19-17(20-16)15-9-8-13-6-4-5-7-14(13)10-15/h4-10,18H,3,11H2,1-2H3. The molecule has 0 aliphatic carbocycles. The number of fused-ring (bicyclic) bond motifs is 1. The molecule has 102 valence electrons. The molecule has 0 fully saturated rings. The van der Waals surface area contributed by atoms with Gasteiger partial charge in [0.2, 0.25) is 0 Å². The number of benzene rings is 2. The second kappa shape index (κ2) is 5.73. The minimum atomic E-state index is 0.910. The highest BCUT2D eigenvalue weighted by Crippen LogP contribution is 2.30. The van der Waals surface area contributed by atoms with E-state index in [9.17, 15) is 0 Å². The first-order chi connectivity index (χ1) is 9.78. The number of aryl methyl sites for hydroxylation is 1. The van der Waals surface area contributed by atoms with E-state index in [4.69, 9.17) is 4.98 Å². The number of rotatable bonds is 4. The van der Waals surface area contributed by atoms with Crippen molar-refractivity contribution in [2.75, 3.05) is 6.54 Å². The number of nitrogens with zero attached hydrogens (tertiary/aromatic N) is 1. The van der Waals surface area contributed by atoms with E-state index in [-0.39, 0.29) is 0 Å². The molecule has 1 N–H and O–H groups in total. The van der Waals surface area contributed by atoms with Crippen LogP contribution in [-0.4, -0.2) is 11.5 Å². The molecule has 1 aromatic heterocycles. The van der Waals surface area contributed by atoms with E-state index in [1.165, 1.54) is 21.2 Å². The highest BCUT2D eigenvalue weighted by molar-refractivity contribution is 7.15. The lowest BCUT2D eigenvalue weighted by atomic mass is 10.1. The van der Waals surface area contributed by atoms with Crippen LogP contribution in [0.4, 0.5) is 0 Å². The van der Waals surface area contributed by atoms with Crippen molar-refractivity contribution in [1.82, 2.24) is 10.3 Å². The number of hydrogen-bond acceptors (Lipinski definition) is 3. The van der Waals surface area contributed by atoms with Gasteiger partial charge in [-0.05, 0) is 30.3 Å². The predicted octanol–water partition coefficient (Wildman–Crippen LogP) is 4.38. The number of aromatic nitrogens is 1. The van der Waals surface area contributed by atoms with Crippen LogP contribution in [0.1, 0.15) is 17.5 Å². The zero-order chi connectivity index (χ0) is 13.9. The Morgan fingerprint density at radius 3 is 2.70 bits per heavy atom. The largest absolute Gasteiger partial charge is 0.312 e. The minimum absolute atomic E-state index is 0.910. The summed E-state index contributed by atoms with van der Waals surface area (Å²) < 4.78 is 0. The molecule has 2 nitrogen and oxygen atoms in total. The molecular weight excluding hydrogens is 264 g/mol. The van der Waals surface area contributed by atoms with Gasteiger partial charge in [0.1, 0.15) is 5.01 Å². The summed E-state index contributed by atoms with van der Waals surface area (Å²) in [4.78, 5) is 6.05. The summed E-state index contributed by atoms with van der Waals surface area (Å²) in [6.45, 7) is 6.12. The Labute approximate surface area is 123 Å². The molecule has 1 heterocycles. The molecule has 0 unspecified atom stereocenters. The Bertz CT molecular complexity index is 731. The zero-order valence-corrected chi connectivity index (χ0v) is 12.6. The summed E-state index contributed by atoms with van der Waals surface area (Å²) in [5, 5.41) is 7.03. The molecule has 0 saturated carbocycles. The monoisotopic (exact) mass is 282 g/mol. The molecule has 0 radical (unpaired) electrons. The molecule has 0 aliphatic heterocycles. The van der Waals surface area contributed by atoms with E-state index in [1.807, 2.05) is 0 Å². The van der Waals surface area contributed by atoms with Crippen molar-refractivity contribution >= 4 is 22.1 Å². The van der Waals surface area contributed by atoms with Crippen LogP contribution in [0.3, 0.4) is 0 Å². The minimum Gasteiger partial charge on any atom is -0.312 e. The fraction of sp³-hybridized carbons (Fsp3) is 0.235. The van der Waals surface area contributed by atoms with Crippen LogP contribution in [0, 0.1) is 6.92 Å². The van der Waals surface area contributed by atoms with E-state index in [1.54, 1.807) is 11.3 Å². The number of nitrogens with one attached hydrogen (secondary N) is 1. The van der Waals surface area contributed by atoms with Crippen molar-refractivity contribution in [3.8, 4) is 10.6 Å². The third kappa shape index (κ3) is 2.60. The van der Waals surface area contributed by atoms with Crippen molar-refractivity contribution in [3.63, 3.8) is 0 Å². The smallest absolute Gasteiger partial charge is 0.123 e. The first kappa shape index (κ1) is 13.3. The molecule has 2 aromatic carbocycles. The van der Waals surface area contributed by atoms with E-state index in [2.05, 4.69) is 61.6 Å². The Morgan fingerprint density at radius 2 is 1.90 bits per heavy atom. The summed E-state index contributed by atoms with van der Waals surface area (Å²) in [6, 6.07) is 15.0. The van der Waals surface area contributed by atoms with Crippen LogP contribution in [0.5, 0.6) is 0 Å². The van der Waals surface area contributed by atoms with Gasteiger partial charge in [0.05, 0.1) is 5.69 Å². The average molecular weight is 282 g/mol. The van der Waals surface area contributed by atoms with Crippen molar-refractivity contribution in [2.24, 2.45) is 0 Å². The quantitative estimate of drug-likeness (QED) is 0.768. The van der Waals surface area contributed by atoms with E-state index >= 15 is 0 Å². The van der Waals surface area contributed by atoms with Crippen molar-refractivity contribution in [3.05, 3.63) is 53.0 Å². The van der Waals surface area contributed by atoms with Crippen LogP contribution in [-0.2, 0) is 6.54 Å². The average Bonchev–Trinajstić information content (AvgIpc) is 2.86. The third-order valence-electron chi connectivity index (χ3n) is 3.42. The van der Waals surface area contributed by atoms with Crippen LogP contribution in [0.2, 0.25) is 0 Å². The second-order valence-electron chi connectivity index (χ2n) is 4.87. The van der Waals surface area contributed by atoms with Crippen molar-refractivity contribution in [1.29, 1.82) is 0 Å². The molecule has 0 spiro atoms. The molecule has 3 aromatic rings. The first-order valence-electron chi connectivity index (χ1n) is 6.94. The van der Waals surface area contributed by atoms with Crippen molar-refractivity contribution < 1.29 is 0 Å². The Balaban J connectivity index is 1.98. The zero-order valence-electron chi connectivity index (χ0n) is 11.8. The summed E-state index contributed by atoms with van der Waals surface area (Å²) in [5.41, 5.74) is 2.35. The molecule has 20 heavy (non-hydrogen) atoms. The van der Waals surface area contributed by atoms with E-state index in [0.29, 0.717) is 0 Å². The number of hydrogen-bond donors (Lipinski definition) is 1. The molecule has 0 atom stereocenters. The highest BCUT2D eigenvalue weighted by atomic mass is 32.1. The lowest BCUT2D eigenvalue weighted by Crippen LogP contribution is -2.11. The maximum Gasteiger partial charge on any atom is 0.123 e. The molecule has 0 saturated heterocycles. The van der Waals surface area contributed by atoms with Gasteiger partial charge in [-0.2, -0.15) is 0 Å². The molecule has 3 rings (SSSR count). The third-order valence-corrected chi connectivity index (χ3v) is 4.63. The second-order valence-corrected chi connectivity index (χ2v) is 5.95. The van der Waals surface area contributed by atoms with Crippen LogP contribution in [0.15, 0.2) is 42.5 Å². The molecule has 0 bridgehead atoms. The predicted molar refractivity (Wildman–Crippen MR) is 87.2 cm³/mol. The SMILES string of the molecule is CCNCc1sc(-c2ccc3ccccc3c2)nc1C. The Morgan fingerprint density at radius 1 is 1.10 bits per heavy atom. The van der Waals surface area contributed by atoms with Gasteiger partial charge in [0, 0.05) is 17.0 Å². The van der Waals surface area contributed by atoms with Gasteiger partial charge >= 0.3 is 0 Å². The lowest BCUT2D eigenvalue weighted by molar-refractivity contribution is 0.731. The highest BCUT2D eigenvalue weighted by Gasteiger charge is 2.09. The Hall–Kier alpha value is -1.71. The van der Waals surface area contributed by atoms with Gasteiger partial charge in [0.25, 0.3) is 0 Å². The maximum atomic E-state index is 4.72. The summed E-state index contributed by atoms with van der Waals surface area (Å²) >= 11 is 1.79. The lowest BCUT2D eigenvalue weighted by Gasteiger charge is -2.00. The van der Waals surface area contributed by atoms with Gasteiger partial charge in [-0.25, -0.2) is 4.98 Å². The summed E-state index contributed by atoms with van der Waals surface area (Å²) in [5.74, 6) is 0. The Kier molecular flexibility index (Phi) is 3.81. The summed E-state index contributed by atoms with van der Waals surface area (Å²) in [7, 11) is 0. The topological polar surface area (TPSA) is 24.9 Å². The van der Waals surface area contributed by atoms with Gasteiger partial charge in [-0.1, -0.05) is 43.3 Å². The normalized spacial score (nSPS) is 11.1. The van der Waals surface area contributed by atoms with Crippen molar-refractivity contribution in [2.45, 2.75) is 20.4 Å². The molecule has 0 aliphatic rings. The van der Waals surface area contributed by atoms with E-state index < -0.39 is 0 Å². The molecule has 0 amide bonds.